The number of aliphatic hydroxyl groups is 1. The number of nitrogens with zero attached hydrogens (tertiary/aromatic N) is 1. The van der Waals surface area contributed by atoms with Gasteiger partial charge in [0.2, 0.25) is 0 Å². The fraction of sp³-hybridized carbons (Fsp3) is 0.214. The van der Waals surface area contributed by atoms with Crippen LogP contribution in [0.2, 0.25) is 5.02 Å². The fourth-order valence-electron chi connectivity index (χ4n) is 1.83. The second-order valence-electron chi connectivity index (χ2n) is 4.06. The van der Waals surface area contributed by atoms with Crippen molar-refractivity contribution in [3.05, 3.63) is 64.4 Å². The summed E-state index contributed by atoms with van der Waals surface area (Å²) in [5.41, 5.74) is 2.74. The predicted octanol–water partition coefficient (Wildman–Crippen LogP) is 3.32. The van der Waals surface area contributed by atoms with Gasteiger partial charge in [0.05, 0.1) is 5.69 Å². The van der Waals surface area contributed by atoms with E-state index in [1.54, 1.807) is 6.20 Å². The van der Waals surface area contributed by atoms with E-state index in [0.29, 0.717) is 11.4 Å². The van der Waals surface area contributed by atoms with Crippen LogP contribution in [0.5, 0.6) is 0 Å². The monoisotopic (exact) mass is 247 g/mol. The van der Waals surface area contributed by atoms with Gasteiger partial charge >= 0.3 is 0 Å². The number of aliphatic hydroxyl groups excluding tert-OH is 1. The average molecular weight is 248 g/mol. The lowest BCUT2D eigenvalue weighted by molar-refractivity contribution is 0.173. The summed E-state index contributed by atoms with van der Waals surface area (Å²) in [7, 11) is 0. The molecule has 0 aliphatic heterocycles. The fourth-order valence-corrected chi connectivity index (χ4v) is 2.04. The molecule has 0 saturated carbocycles. The van der Waals surface area contributed by atoms with E-state index in [1.807, 2.05) is 43.3 Å². The molecule has 1 aromatic carbocycles. The molecule has 1 aromatic heterocycles. The Labute approximate surface area is 106 Å². The molecule has 0 aliphatic rings. The SMILES string of the molecule is Cc1cccnc1C(O)Cc1cccc(Cl)c1. The summed E-state index contributed by atoms with van der Waals surface area (Å²) >= 11 is 5.91. The van der Waals surface area contributed by atoms with Crippen LogP contribution in [0.15, 0.2) is 42.6 Å². The molecule has 0 spiro atoms. The second kappa shape index (κ2) is 5.30. The Morgan fingerprint density at radius 1 is 1.29 bits per heavy atom. The average Bonchev–Trinajstić information content (AvgIpc) is 2.29. The molecule has 0 radical (unpaired) electrons. The van der Waals surface area contributed by atoms with Crippen LogP contribution in [0.1, 0.15) is 22.9 Å². The van der Waals surface area contributed by atoms with Crippen LogP contribution in [0, 0.1) is 6.92 Å². The standard InChI is InChI=1S/C14H14ClNO/c1-10-4-3-7-16-14(10)13(17)9-11-5-2-6-12(15)8-11/h2-8,13,17H,9H2,1H3. The first-order chi connectivity index (χ1) is 8.16. The minimum Gasteiger partial charge on any atom is -0.386 e. The largest absolute Gasteiger partial charge is 0.386 e. The molecular weight excluding hydrogens is 234 g/mol. The number of pyridine rings is 1. The molecule has 0 fully saturated rings. The van der Waals surface area contributed by atoms with E-state index in [9.17, 15) is 5.11 Å². The van der Waals surface area contributed by atoms with Crippen molar-refractivity contribution >= 4 is 11.6 Å². The normalized spacial score (nSPS) is 12.4. The van der Waals surface area contributed by atoms with Gasteiger partial charge in [-0.05, 0) is 36.2 Å². The van der Waals surface area contributed by atoms with Crippen molar-refractivity contribution < 1.29 is 5.11 Å². The van der Waals surface area contributed by atoms with Crippen LogP contribution < -0.4 is 0 Å². The molecule has 17 heavy (non-hydrogen) atoms. The van der Waals surface area contributed by atoms with Crippen LogP contribution in [0.4, 0.5) is 0 Å². The van der Waals surface area contributed by atoms with Gasteiger partial charge in [-0.2, -0.15) is 0 Å². The van der Waals surface area contributed by atoms with Gasteiger partial charge in [0.1, 0.15) is 6.10 Å². The van der Waals surface area contributed by atoms with Crippen molar-refractivity contribution in [3.8, 4) is 0 Å². The molecule has 1 heterocycles. The highest BCUT2D eigenvalue weighted by Gasteiger charge is 2.12. The van der Waals surface area contributed by atoms with Crippen LogP contribution in [0.25, 0.3) is 0 Å². The Morgan fingerprint density at radius 3 is 2.82 bits per heavy atom. The van der Waals surface area contributed by atoms with Gasteiger partial charge in [0, 0.05) is 17.6 Å². The zero-order valence-electron chi connectivity index (χ0n) is 9.60. The highest BCUT2D eigenvalue weighted by atomic mass is 35.5. The van der Waals surface area contributed by atoms with Gasteiger partial charge in [-0.25, -0.2) is 0 Å². The van der Waals surface area contributed by atoms with Gasteiger partial charge in [-0.3, -0.25) is 4.98 Å². The van der Waals surface area contributed by atoms with Gasteiger partial charge in [0.25, 0.3) is 0 Å². The number of rotatable bonds is 3. The summed E-state index contributed by atoms with van der Waals surface area (Å²) in [6, 6.07) is 11.3. The number of hydrogen-bond acceptors (Lipinski definition) is 2. The van der Waals surface area contributed by atoms with Crippen LogP contribution in [-0.2, 0) is 6.42 Å². The van der Waals surface area contributed by atoms with E-state index in [-0.39, 0.29) is 0 Å². The maximum atomic E-state index is 10.1. The van der Waals surface area contributed by atoms with E-state index in [4.69, 9.17) is 11.6 Å². The molecule has 3 heteroatoms. The van der Waals surface area contributed by atoms with Gasteiger partial charge in [-0.15, -0.1) is 0 Å². The van der Waals surface area contributed by atoms with Gasteiger partial charge < -0.3 is 5.11 Å². The number of aryl methyl sites for hydroxylation is 1. The Balaban J connectivity index is 2.17. The smallest absolute Gasteiger partial charge is 0.100 e. The molecule has 2 aromatic rings. The second-order valence-corrected chi connectivity index (χ2v) is 4.49. The van der Waals surface area contributed by atoms with E-state index in [2.05, 4.69) is 4.98 Å². The third kappa shape index (κ3) is 3.05. The maximum absolute atomic E-state index is 10.1. The lowest BCUT2D eigenvalue weighted by atomic mass is 10.0. The molecule has 2 nitrogen and oxygen atoms in total. The third-order valence-corrected chi connectivity index (χ3v) is 2.92. The Hall–Kier alpha value is -1.38. The quantitative estimate of drug-likeness (QED) is 0.903. The van der Waals surface area contributed by atoms with Crippen molar-refractivity contribution in [2.45, 2.75) is 19.4 Å². The summed E-state index contributed by atoms with van der Waals surface area (Å²) in [6.07, 6.45) is 1.64. The molecule has 1 atom stereocenters. The number of halogens is 1. The first kappa shape index (κ1) is 12.1. The molecule has 0 bridgehead atoms. The van der Waals surface area contributed by atoms with Gasteiger partial charge in [-0.1, -0.05) is 29.8 Å². The molecule has 0 aliphatic carbocycles. The van der Waals surface area contributed by atoms with E-state index in [1.165, 1.54) is 0 Å². The van der Waals surface area contributed by atoms with E-state index >= 15 is 0 Å². The zero-order chi connectivity index (χ0) is 12.3. The number of hydrogen-bond donors (Lipinski definition) is 1. The van der Waals surface area contributed by atoms with Crippen LogP contribution >= 0.6 is 11.6 Å². The van der Waals surface area contributed by atoms with Crippen molar-refractivity contribution in [1.29, 1.82) is 0 Å². The summed E-state index contributed by atoms with van der Waals surface area (Å²) < 4.78 is 0. The lowest BCUT2D eigenvalue weighted by Crippen LogP contribution is -2.06. The molecular formula is C14H14ClNO. The van der Waals surface area contributed by atoms with E-state index < -0.39 is 6.10 Å². The molecule has 1 unspecified atom stereocenters. The first-order valence-corrected chi connectivity index (χ1v) is 5.88. The summed E-state index contributed by atoms with van der Waals surface area (Å²) in [6.45, 7) is 1.95. The molecule has 88 valence electrons. The number of benzene rings is 1. The number of aromatic nitrogens is 1. The topological polar surface area (TPSA) is 33.1 Å². The lowest BCUT2D eigenvalue weighted by Gasteiger charge is -2.12. The maximum Gasteiger partial charge on any atom is 0.100 e. The van der Waals surface area contributed by atoms with Crippen molar-refractivity contribution in [2.24, 2.45) is 0 Å². The first-order valence-electron chi connectivity index (χ1n) is 5.51. The molecule has 0 saturated heterocycles. The highest BCUT2D eigenvalue weighted by Crippen LogP contribution is 2.20. The van der Waals surface area contributed by atoms with Crippen molar-refractivity contribution in [2.75, 3.05) is 0 Å². The summed E-state index contributed by atoms with van der Waals surface area (Å²) in [4.78, 5) is 4.21. The Morgan fingerprint density at radius 2 is 2.12 bits per heavy atom. The van der Waals surface area contributed by atoms with Crippen molar-refractivity contribution in [1.82, 2.24) is 4.98 Å². The molecule has 0 amide bonds. The predicted molar refractivity (Wildman–Crippen MR) is 69.1 cm³/mol. The summed E-state index contributed by atoms with van der Waals surface area (Å²) in [5, 5.41) is 10.8. The van der Waals surface area contributed by atoms with Gasteiger partial charge in [0.15, 0.2) is 0 Å². The zero-order valence-corrected chi connectivity index (χ0v) is 10.4. The van der Waals surface area contributed by atoms with E-state index in [0.717, 1.165) is 16.8 Å². The minimum absolute atomic E-state index is 0.526. The molecule has 2 rings (SSSR count). The Bertz CT molecular complexity index is 513. The highest BCUT2D eigenvalue weighted by molar-refractivity contribution is 6.30. The van der Waals surface area contributed by atoms with Crippen LogP contribution in [-0.4, -0.2) is 10.1 Å². The third-order valence-electron chi connectivity index (χ3n) is 2.68. The van der Waals surface area contributed by atoms with Crippen LogP contribution in [0.3, 0.4) is 0 Å². The molecule has 1 N–H and O–H groups in total. The summed E-state index contributed by atoms with van der Waals surface area (Å²) in [5.74, 6) is 0. The minimum atomic E-state index is -0.588. The van der Waals surface area contributed by atoms with Crippen molar-refractivity contribution in [3.63, 3.8) is 0 Å². The Kier molecular flexibility index (Phi) is 3.77.